The zero-order valence-corrected chi connectivity index (χ0v) is 11.6. The van der Waals surface area contributed by atoms with Crippen LogP contribution in [0.25, 0.3) is 0 Å². The molecule has 0 saturated carbocycles. The Bertz CT molecular complexity index is 481. The van der Waals surface area contributed by atoms with E-state index in [1.54, 1.807) is 0 Å². The van der Waals surface area contributed by atoms with Crippen molar-refractivity contribution >= 4 is 11.7 Å². The Labute approximate surface area is 113 Å². The average molecular weight is 260 g/mol. The predicted octanol–water partition coefficient (Wildman–Crippen LogP) is 1.39. The summed E-state index contributed by atoms with van der Waals surface area (Å²) >= 11 is 0. The Morgan fingerprint density at radius 1 is 1.37 bits per heavy atom. The van der Waals surface area contributed by atoms with Crippen molar-refractivity contribution in [2.75, 3.05) is 13.1 Å². The van der Waals surface area contributed by atoms with Crippen LogP contribution in [0.4, 0.5) is 0 Å². The molecule has 1 N–H and O–H groups in total. The van der Waals surface area contributed by atoms with Crippen molar-refractivity contribution < 1.29 is 9.59 Å². The minimum absolute atomic E-state index is 0.00481. The number of piperazine rings is 1. The highest BCUT2D eigenvalue weighted by Crippen LogP contribution is 2.14. The van der Waals surface area contributed by atoms with Gasteiger partial charge in [-0.25, -0.2) is 0 Å². The molecule has 1 heterocycles. The second kappa shape index (κ2) is 5.53. The summed E-state index contributed by atoms with van der Waals surface area (Å²) in [7, 11) is 0. The van der Waals surface area contributed by atoms with Crippen LogP contribution >= 0.6 is 0 Å². The standard InChI is InChI=1S/C15H20N2O2/c1-10-4-6-13(7-5-10)14(18)11(2)17-9-8-16-15(19)12(17)3/h4-7,11-12H,8-9H2,1-3H3,(H,16,19). The molecule has 2 atom stereocenters. The van der Waals surface area contributed by atoms with Gasteiger partial charge in [-0.2, -0.15) is 0 Å². The van der Waals surface area contributed by atoms with Crippen LogP contribution in [-0.4, -0.2) is 41.8 Å². The smallest absolute Gasteiger partial charge is 0.237 e. The monoisotopic (exact) mass is 260 g/mol. The Morgan fingerprint density at radius 2 is 2.00 bits per heavy atom. The van der Waals surface area contributed by atoms with Gasteiger partial charge in [0.1, 0.15) is 0 Å². The van der Waals surface area contributed by atoms with Gasteiger partial charge in [-0.15, -0.1) is 0 Å². The number of carbonyl (C=O) groups is 2. The van der Waals surface area contributed by atoms with E-state index in [2.05, 4.69) is 5.32 Å². The van der Waals surface area contributed by atoms with Crippen molar-refractivity contribution in [3.05, 3.63) is 35.4 Å². The first-order chi connectivity index (χ1) is 9.00. The van der Waals surface area contributed by atoms with Gasteiger partial charge in [0, 0.05) is 18.7 Å². The summed E-state index contributed by atoms with van der Waals surface area (Å²) in [5, 5.41) is 2.81. The summed E-state index contributed by atoms with van der Waals surface area (Å²) in [5.41, 5.74) is 1.84. The van der Waals surface area contributed by atoms with E-state index in [1.165, 1.54) is 0 Å². The molecule has 0 aliphatic carbocycles. The molecule has 2 rings (SSSR count). The molecule has 0 aromatic heterocycles. The highest BCUT2D eigenvalue weighted by Gasteiger charge is 2.32. The first-order valence-electron chi connectivity index (χ1n) is 6.65. The van der Waals surface area contributed by atoms with E-state index in [4.69, 9.17) is 0 Å². The third-order valence-electron chi connectivity index (χ3n) is 3.76. The number of hydrogen-bond donors (Lipinski definition) is 1. The summed E-state index contributed by atoms with van der Waals surface area (Å²) in [5.74, 6) is 0.0661. The number of Topliss-reactive ketones (excluding diaryl/α,β-unsaturated/α-hetero) is 1. The summed E-state index contributed by atoms with van der Waals surface area (Å²) in [6, 6.07) is 7.05. The van der Waals surface area contributed by atoms with Gasteiger partial charge in [0.05, 0.1) is 12.1 Å². The van der Waals surface area contributed by atoms with Gasteiger partial charge >= 0.3 is 0 Å². The van der Waals surface area contributed by atoms with Gasteiger partial charge in [-0.3, -0.25) is 14.5 Å². The lowest BCUT2D eigenvalue weighted by atomic mass is 10.0. The van der Waals surface area contributed by atoms with Crippen molar-refractivity contribution in [2.45, 2.75) is 32.9 Å². The molecule has 0 spiro atoms. The highest BCUT2D eigenvalue weighted by molar-refractivity contribution is 6.00. The fourth-order valence-electron chi connectivity index (χ4n) is 2.44. The van der Waals surface area contributed by atoms with Crippen molar-refractivity contribution in [3.8, 4) is 0 Å². The minimum Gasteiger partial charge on any atom is -0.353 e. The highest BCUT2D eigenvalue weighted by atomic mass is 16.2. The fraction of sp³-hybridized carbons (Fsp3) is 0.467. The van der Waals surface area contributed by atoms with Crippen molar-refractivity contribution in [1.29, 1.82) is 0 Å². The molecule has 4 heteroatoms. The second-order valence-electron chi connectivity index (χ2n) is 5.11. The molecule has 19 heavy (non-hydrogen) atoms. The van der Waals surface area contributed by atoms with Gasteiger partial charge in [-0.05, 0) is 20.8 Å². The first kappa shape index (κ1) is 13.7. The topological polar surface area (TPSA) is 49.4 Å². The second-order valence-corrected chi connectivity index (χ2v) is 5.11. The first-order valence-corrected chi connectivity index (χ1v) is 6.65. The van der Waals surface area contributed by atoms with Gasteiger partial charge in [-0.1, -0.05) is 29.8 Å². The van der Waals surface area contributed by atoms with E-state index in [-0.39, 0.29) is 23.8 Å². The molecular weight excluding hydrogens is 240 g/mol. The molecule has 4 nitrogen and oxygen atoms in total. The van der Waals surface area contributed by atoms with E-state index in [9.17, 15) is 9.59 Å². The molecule has 102 valence electrons. The summed E-state index contributed by atoms with van der Waals surface area (Å²) in [6.45, 7) is 7.03. The van der Waals surface area contributed by atoms with Crippen molar-refractivity contribution in [3.63, 3.8) is 0 Å². The molecule has 0 bridgehead atoms. The molecule has 1 aromatic carbocycles. The third kappa shape index (κ3) is 2.84. The largest absolute Gasteiger partial charge is 0.353 e. The Kier molecular flexibility index (Phi) is 4.00. The average Bonchev–Trinajstić information content (AvgIpc) is 2.41. The quantitative estimate of drug-likeness (QED) is 0.835. The Hall–Kier alpha value is -1.68. The molecule has 2 unspecified atom stereocenters. The molecule has 1 aliphatic rings. The van der Waals surface area contributed by atoms with Crippen LogP contribution < -0.4 is 5.32 Å². The lowest BCUT2D eigenvalue weighted by Crippen LogP contribution is -2.58. The molecular formula is C15H20N2O2. The minimum atomic E-state index is -0.274. The van der Waals surface area contributed by atoms with E-state index in [1.807, 2.05) is 49.9 Å². The number of nitrogens with zero attached hydrogens (tertiary/aromatic N) is 1. The molecule has 1 fully saturated rings. The number of rotatable bonds is 3. The van der Waals surface area contributed by atoms with Gasteiger partial charge in [0.2, 0.25) is 5.91 Å². The maximum absolute atomic E-state index is 12.4. The summed E-state index contributed by atoms with van der Waals surface area (Å²) in [6.07, 6.45) is 0. The van der Waals surface area contributed by atoms with Crippen molar-refractivity contribution in [2.24, 2.45) is 0 Å². The van der Waals surface area contributed by atoms with Gasteiger partial charge in [0.25, 0.3) is 0 Å². The van der Waals surface area contributed by atoms with E-state index in [0.717, 1.165) is 5.56 Å². The predicted molar refractivity (Wildman–Crippen MR) is 74.1 cm³/mol. The maximum atomic E-state index is 12.4. The number of aryl methyl sites for hydroxylation is 1. The van der Waals surface area contributed by atoms with E-state index in [0.29, 0.717) is 18.7 Å². The van der Waals surface area contributed by atoms with Crippen LogP contribution in [0.5, 0.6) is 0 Å². The van der Waals surface area contributed by atoms with Gasteiger partial charge in [0.15, 0.2) is 5.78 Å². The molecule has 1 aromatic rings. The normalized spacial score (nSPS) is 21.8. The molecule has 1 saturated heterocycles. The van der Waals surface area contributed by atoms with E-state index < -0.39 is 0 Å². The molecule has 1 amide bonds. The zero-order valence-electron chi connectivity index (χ0n) is 11.6. The van der Waals surface area contributed by atoms with Crippen LogP contribution in [0.3, 0.4) is 0 Å². The third-order valence-corrected chi connectivity index (χ3v) is 3.76. The van der Waals surface area contributed by atoms with Crippen LogP contribution in [-0.2, 0) is 4.79 Å². The lowest BCUT2D eigenvalue weighted by Gasteiger charge is -2.36. The number of benzene rings is 1. The summed E-state index contributed by atoms with van der Waals surface area (Å²) < 4.78 is 0. The number of carbonyl (C=O) groups excluding carboxylic acids is 2. The number of nitrogens with one attached hydrogen (secondary N) is 1. The number of amides is 1. The Morgan fingerprint density at radius 3 is 2.63 bits per heavy atom. The fourth-order valence-corrected chi connectivity index (χ4v) is 2.44. The maximum Gasteiger partial charge on any atom is 0.237 e. The molecule has 0 radical (unpaired) electrons. The Balaban J connectivity index is 2.14. The summed E-state index contributed by atoms with van der Waals surface area (Å²) in [4.78, 5) is 26.0. The van der Waals surface area contributed by atoms with Crippen LogP contribution in [0, 0.1) is 6.92 Å². The van der Waals surface area contributed by atoms with E-state index >= 15 is 0 Å². The van der Waals surface area contributed by atoms with Crippen LogP contribution in [0.1, 0.15) is 29.8 Å². The SMILES string of the molecule is Cc1ccc(C(=O)C(C)N2CCNC(=O)C2C)cc1. The number of hydrogen-bond acceptors (Lipinski definition) is 3. The molecule has 1 aliphatic heterocycles. The van der Waals surface area contributed by atoms with Crippen LogP contribution in [0.15, 0.2) is 24.3 Å². The van der Waals surface area contributed by atoms with Crippen molar-refractivity contribution in [1.82, 2.24) is 10.2 Å². The lowest BCUT2D eigenvalue weighted by molar-refractivity contribution is -0.128. The zero-order chi connectivity index (χ0) is 14.0. The van der Waals surface area contributed by atoms with Gasteiger partial charge < -0.3 is 5.32 Å². The number of ketones is 1. The van der Waals surface area contributed by atoms with Crippen LogP contribution in [0.2, 0.25) is 0 Å².